The Bertz CT molecular complexity index is 115. The summed E-state index contributed by atoms with van der Waals surface area (Å²) in [5, 5.41) is 4.60. The minimum absolute atomic E-state index is 0.619. The minimum atomic E-state index is 0.619. The molecule has 0 saturated heterocycles. The summed E-state index contributed by atoms with van der Waals surface area (Å²) in [6.45, 7) is 5.62. The molecular weight excluding hydrogens is 216 g/mol. The second-order valence-corrected chi connectivity index (χ2v) is 4.54. The molecule has 0 saturated carbocycles. The Hall–Kier alpha value is -0.120. The van der Waals surface area contributed by atoms with Crippen LogP contribution in [0.4, 0.5) is 0 Å². The summed E-state index contributed by atoms with van der Waals surface area (Å²) < 4.78 is 0. The van der Waals surface area contributed by atoms with Crippen LogP contribution in [0.1, 0.15) is 78.1 Å². The maximum atomic E-state index is 4.90. The van der Waals surface area contributed by atoms with Gasteiger partial charge in [-0.05, 0) is 12.8 Å². The van der Waals surface area contributed by atoms with E-state index < -0.39 is 0 Å². The summed E-state index contributed by atoms with van der Waals surface area (Å²) in [7, 11) is 0. The molecule has 0 radical (unpaired) electrons. The Morgan fingerprint density at radius 2 is 1.00 bits per heavy atom. The van der Waals surface area contributed by atoms with Crippen LogP contribution in [-0.4, -0.2) is 13.2 Å². The van der Waals surface area contributed by atoms with Gasteiger partial charge in [0.05, 0.1) is 13.2 Å². The van der Waals surface area contributed by atoms with Crippen molar-refractivity contribution in [1.29, 1.82) is 0 Å². The predicted molar refractivity (Wildman–Crippen MR) is 70.5 cm³/mol. The molecule has 0 aromatic heterocycles. The average molecular weight is 246 g/mol. The normalized spacial score (nSPS) is 10.9. The summed E-state index contributed by atoms with van der Waals surface area (Å²) in [6.07, 6.45) is 12.6. The maximum absolute atomic E-state index is 4.90. The highest BCUT2D eigenvalue weighted by Gasteiger charge is 1.93. The van der Waals surface area contributed by atoms with Crippen LogP contribution >= 0.6 is 0 Å². The van der Waals surface area contributed by atoms with E-state index in [0.717, 1.165) is 19.3 Å². The average Bonchev–Trinajstić information content (AvgIpc) is 2.35. The van der Waals surface area contributed by atoms with Crippen LogP contribution in [0.3, 0.4) is 0 Å². The van der Waals surface area contributed by atoms with Gasteiger partial charge < -0.3 is 0 Å². The Balaban J connectivity index is 2.85. The lowest BCUT2D eigenvalue weighted by Gasteiger charge is -2.03. The van der Waals surface area contributed by atoms with E-state index in [1.807, 2.05) is 0 Å². The minimum Gasteiger partial charge on any atom is -0.206 e. The first kappa shape index (κ1) is 16.9. The number of rotatable bonds is 14. The Kier molecular flexibility index (Phi) is 15.8. The smallest absolute Gasteiger partial charge is 0.0853 e. The lowest BCUT2D eigenvalue weighted by atomic mass is 10.1. The largest absolute Gasteiger partial charge is 0.206 e. The lowest BCUT2D eigenvalue weighted by Crippen LogP contribution is -2.00. The third-order valence-corrected chi connectivity index (χ3v) is 2.76. The van der Waals surface area contributed by atoms with Gasteiger partial charge in [-0.15, -0.1) is 0 Å². The van der Waals surface area contributed by atoms with Gasteiger partial charge in [0, 0.05) is 0 Å². The van der Waals surface area contributed by atoms with Crippen molar-refractivity contribution in [2.24, 2.45) is 0 Å². The molecule has 0 aromatic rings. The SMILES string of the molecule is CCCCCCCCCCOOOCCCC. The van der Waals surface area contributed by atoms with E-state index in [-0.39, 0.29) is 0 Å². The molecule has 3 heteroatoms. The highest BCUT2D eigenvalue weighted by Crippen LogP contribution is 2.08. The van der Waals surface area contributed by atoms with Gasteiger partial charge in [-0.25, -0.2) is 9.78 Å². The van der Waals surface area contributed by atoms with Crippen LogP contribution in [0, 0.1) is 0 Å². The van der Waals surface area contributed by atoms with Gasteiger partial charge in [0.25, 0.3) is 0 Å². The van der Waals surface area contributed by atoms with E-state index in [1.54, 1.807) is 0 Å². The topological polar surface area (TPSA) is 27.7 Å². The van der Waals surface area contributed by atoms with Crippen LogP contribution in [0.15, 0.2) is 0 Å². The van der Waals surface area contributed by atoms with Gasteiger partial charge in [-0.3, -0.25) is 0 Å². The molecule has 0 bridgehead atoms. The van der Waals surface area contributed by atoms with Crippen molar-refractivity contribution in [3.63, 3.8) is 0 Å². The van der Waals surface area contributed by atoms with E-state index in [0.29, 0.717) is 13.2 Å². The molecule has 3 nitrogen and oxygen atoms in total. The van der Waals surface area contributed by atoms with Crippen molar-refractivity contribution in [3.8, 4) is 0 Å². The second-order valence-electron chi connectivity index (χ2n) is 4.54. The van der Waals surface area contributed by atoms with E-state index in [9.17, 15) is 0 Å². The van der Waals surface area contributed by atoms with Crippen molar-refractivity contribution in [1.82, 2.24) is 0 Å². The van der Waals surface area contributed by atoms with Crippen LogP contribution < -0.4 is 0 Å². The molecule has 0 N–H and O–H groups in total. The van der Waals surface area contributed by atoms with E-state index in [4.69, 9.17) is 9.78 Å². The summed E-state index contributed by atoms with van der Waals surface area (Å²) in [5.74, 6) is 0. The maximum Gasteiger partial charge on any atom is 0.0853 e. The van der Waals surface area contributed by atoms with Crippen LogP contribution in [0.5, 0.6) is 0 Å². The van der Waals surface area contributed by atoms with E-state index in [1.165, 1.54) is 44.9 Å². The zero-order chi connectivity index (χ0) is 12.6. The van der Waals surface area contributed by atoms with Gasteiger partial charge >= 0.3 is 0 Å². The van der Waals surface area contributed by atoms with Crippen molar-refractivity contribution >= 4 is 0 Å². The van der Waals surface area contributed by atoms with Gasteiger partial charge in [0.2, 0.25) is 0 Å². The fourth-order valence-electron chi connectivity index (χ4n) is 1.60. The van der Waals surface area contributed by atoms with Crippen LogP contribution in [0.25, 0.3) is 0 Å². The fraction of sp³-hybridized carbons (Fsp3) is 1.00. The Morgan fingerprint density at radius 3 is 1.59 bits per heavy atom. The summed E-state index contributed by atoms with van der Waals surface area (Å²) in [5.41, 5.74) is 0. The number of hydrogen-bond donors (Lipinski definition) is 0. The molecule has 0 aliphatic carbocycles. The number of unbranched alkanes of at least 4 members (excludes halogenated alkanes) is 8. The first-order chi connectivity index (χ1) is 8.41. The van der Waals surface area contributed by atoms with Crippen molar-refractivity contribution in [2.45, 2.75) is 78.1 Å². The lowest BCUT2D eigenvalue weighted by molar-refractivity contribution is -0.512. The molecule has 17 heavy (non-hydrogen) atoms. The molecule has 0 aromatic carbocycles. The number of hydrogen-bond acceptors (Lipinski definition) is 3. The molecule has 0 aliphatic rings. The molecule has 0 atom stereocenters. The molecular formula is C14H30O3. The molecule has 104 valence electrons. The highest BCUT2D eigenvalue weighted by atomic mass is 17.5. The van der Waals surface area contributed by atoms with Gasteiger partial charge in [0.1, 0.15) is 0 Å². The van der Waals surface area contributed by atoms with E-state index in [2.05, 4.69) is 18.9 Å². The second kappa shape index (κ2) is 15.9. The van der Waals surface area contributed by atoms with Crippen molar-refractivity contribution in [3.05, 3.63) is 0 Å². The van der Waals surface area contributed by atoms with Gasteiger partial charge in [-0.1, -0.05) is 70.3 Å². The molecule has 0 unspecified atom stereocenters. The quantitative estimate of drug-likeness (QED) is 0.250. The predicted octanol–water partition coefficient (Wildman–Crippen LogP) is 4.81. The fourth-order valence-corrected chi connectivity index (χ4v) is 1.60. The van der Waals surface area contributed by atoms with Crippen molar-refractivity contribution in [2.75, 3.05) is 13.2 Å². The highest BCUT2D eigenvalue weighted by molar-refractivity contribution is 4.45. The Labute approximate surface area is 107 Å². The standard InChI is InChI=1S/C14H30O3/c1-3-5-7-8-9-10-11-12-14-16-17-15-13-6-4-2/h3-14H2,1-2H3. The first-order valence-corrected chi connectivity index (χ1v) is 7.32. The van der Waals surface area contributed by atoms with Crippen LogP contribution in [0.2, 0.25) is 0 Å². The third-order valence-electron chi connectivity index (χ3n) is 2.76. The monoisotopic (exact) mass is 246 g/mol. The van der Waals surface area contributed by atoms with Crippen LogP contribution in [-0.2, 0) is 14.8 Å². The van der Waals surface area contributed by atoms with Crippen molar-refractivity contribution < 1.29 is 14.8 Å². The molecule has 0 spiro atoms. The zero-order valence-electron chi connectivity index (χ0n) is 11.7. The summed E-state index contributed by atoms with van der Waals surface area (Å²) >= 11 is 0. The molecule has 0 amide bonds. The Morgan fingerprint density at radius 1 is 0.529 bits per heavy atom. The van der Waals surface area contributed by atoms with Gasteiger partial charge in [-0.2, -0.15) is 0 Å². The summed E-state index contributed by atoms with van der Waals surface area (Å²) in [6, 6.07) is 0. The molecule has 0 fully saturated rings. The first-order valence-electron chi connectivity index (χ1n) is 7.32. The van der Waals surface area contributed by atoms with Gasteiger partial charge in [0.15, 0.2) is 0 Å². The molecule has 0 heterocycles. The zero-order valence-corrected chi connectivity index (χ0v) is 11.7. The third kappa shape index (κ3) is 15.9. The molecule has 0 rings (SSSR count). The van der Waals surface area contributed by atoms with E-state index >= 15 is 0 Å². The molecule has 0 aliphatic heterocycles. The summed E-state index contributed by atoms with van der Waals surface area (Å²) in [4.78, 5) is 9.73.